The lowest BCUT2D eigenvalue weighted by Gasteiger charge is -2.21. The lowest BCUT2D eigenvalue weighted by atomic mass is 9.87. The molecule has 1 unspecified atom stereocenters. The zero-order chi connectivity index (χ0) is 32.0. The fourth-order valence-corrected chi connectivity index (χ4v) is 5.16. The number of amides is 1. The summed E-state index contributed by atoms with van der Waals surface area (Å²) in [6.45, 7) is 6.45. The van der Waals surface area contributed by atoms with Gasteiger partial charge in [0, 0.05) is 16.3 Å². The number of halogens is 1. The number of carboxylic acids is 1. The first kappa shape index (κ1) is 31.4. The van der Waals surface area contributed by atoms with Crippen LogP contribution in [-0.2, 0) is 10.2 Å². The molecule has 0 bridgehead atoms. The lowest BCUT2D eigenvalue weighted by Crippen LogP contribution is -2.30. The van der Waals surface area contributed by atoms with Gasteiger partial charge in [-0.25, -0.2) is 0 Å². The molecule has 0 aromatic heterocycles. The number of ether oxygens (including phenoxy) is 1. The summed E-state index contributed by atoms with van der Waals surface area (Å²) < 4.78 is 6.13. The van der Waals surface area contributed by atoms with Crippen LogP contribution in [0.15, 0.2) is 121 Å². The van der Waals surface area contributed by atoms with Gasteiger partial charge < -0.3 is 20.5 Å². The van der Waals surface area contributed by atoms with Crippen molar-refractivity contribution in [2.75, 3.05) is 5.32 Å². The Hall–Kier alpha value is -5.07. The highest BCUT2D eigenvalue weighted by Crippen LogP contribution is 2.34. The van der Waals surface area contributed by atoms with Crippen molar-refractivity contribution in [1.82, 2.24) is 5.32 Å². The van der Waals surface area contributed by atoms with Gasteiger partial charge in [-0.2, -0.15) is 0 Å². The Bertz CT molecular complexity index is 1780. The first-order valence-electron chi connectivity index (χ1n) is 14.7. The third kappa shape index (κ3) is 8.11. The van der Waals surface area contributed by atoms with E-state index in [4.69, 9.17) is 16.3 Å². The Balaban J connectivity index is 1.37. The molecular formula is C38H35ClN2O4. The van der Waals surface area contributed by atoms with Crippen LogP contribution in [0.25, 0.3) is 11.1 Å². The molecule has 5 rings (SSSR count). The summed E-state index contributed by atoms with van der Waals surface area (Å²) in [4.78, 5) is 25.5. The maximum Gasteiger partial charge on any atom is 0.305 e. The molecule has 0 fully saturated rings. The van der Waals surface area contributed by atoms with E-state index in [-0.39, 0.29) is 11.8 Å². The van der Waals surface area contributed by atoms with Gasteiger partial charge in [-0.3, -0.25) is 9.59 Å². The fraction of sp³-hybridized carbons (Fsp3) is 0.158. The molecule has 0 saturated carbocycles. The minimum atomic E-state index is -1.03. The molecule has 5 aromatic carbocycles. The number of rotatable bonds is 10. The molecular weight excluding hydrogens is 584 g/mol. The Morgan fingerprint density at radius 1 is 0.822 bits per heavy atom. The van der Waals surface area contributed by atoms with Crippen molar-refractivity contribution in [1.29, 1.82) is 0 Å². The van der Waals surface area contributed by atoms with Crippen LogP contribution in [0.5, 0.6) is 11.5 Å². The van der Waals surface area contributed by atoms with Crippen LogP contribution in [-0.4, -0.2) is 17.0 Å². The molecule has 0 radical (unpaired) electrons. The van der Waals surface area contributed by atoms with E-state index in [0.29, 0.717) is 27.6 Å². The van der Waals surface area contributed by atoms with E-state index in [1.165, 1.54) is 5.56 Å². The van der Waals surface area contributed by atoms with E-state index in [0.717, 1.165) is 22.6 Å². The molecule has 0 aliphatic carbocycles. The number of carboxylic acid groups (broad SMARTS) is 1. The standard InChI is InChI=1S/C38H35ClN2O4/c1-38(2,3)27-17-20-29(21-18-27)40-33-22-19-28(39)23-32(33)37(44)41-34(24-36(42)43)26-15-13-25(14-16-26)31-11-7-8-12-35(31)45-30-9-5-4-6-10-30/h4-23,34,40H,24H2,1-3H3,(H,41,44)(H,42,43). The van der Waals surface area contributed by atoms with Crippen molar-refractivity contribution in [2.24, 2.45) is 0 Å². The van der Waals surface area contributed by atoms with Crippen molar-refractivity contribution in [3.63, 3.8) is 0 Å². The molecule has 228 valence electrons. The van der Waals surface area contributed by atoms with E-state index in [1.54, 1.807) is 18.2 Å². The molecule has 0 heterocycles. The number of nitrogens with one attached hydrogen (secondary N) is 2. The Labute approximate surface area is 268 Å². The third-order valence-corrected chi connectivity index (χ3v) is 7.66. The first-order valence-corrected chi connectivity index (χ1v) is 15.1. The van der Waals surface area contributed by atoms with Crippen molar-refractivity contribution in [3.05, 3.63) is 143 Å². The second-order valence-corrected chi connectivity index (χ2v) is 12.2. The molecule has 7 heteroatoms. The molecule has 1 amide bonds. The van der Waals surface area contributed by atoms with Crippen molar-refractivity contribution in [2.45, 2.75) is 38.6 Å². The van der Waals surface area contributed by atoms with E-state index in [1.807, 2.05) is 91.0 Å². The molecule has 0 saturated heterocycles. The highest BCUT2D eigenvalue weighted by Gasteiger charge is 2.22. The van der Waals surface area contributed by atoms with Gasteiger partial charge in [0.05, 0.1) is 23.7 Å². The summed E-state index contributed by atoms with van der Waals surface area (Å²) in [7, 11) is 0. The van der Waals surface area contributed by atoms with Crippen LogP contribution in [0.2, 0.25) is 5.02 Å². The highest BCUT2D eigenvalue weighted by molar-refractivity contribution is 6.31. The van der Waals surface area contributed by atoms with E-state index in [9.17, 15) is 14.7 Å². The predicted molar refractivity (Wildman–Crippen MR) is 181 cm³/mol. The zero-order valence-electron chi connectivity index (χ0n) is 25.4. The normalized spacial score (nSPS) is 11.8. The summed E-state index contributed by atoms with van der Waals surface area (Å²) in [5, 5.41) is 16.3. The number of anilines is 2. The van der Waals surface area contributed by atoms with Crippen LogP contribution < -0.4 is 15.4 Å². The second kappa shape index (κ2) is 13.7. The van der Waals surface area contributed by atoms with Gasteiger partial charge in [-0.15, -0.1) is 0 Å². The molecule has 0 aliphatic heterocycles. The largest absolute Gasteiger partial charge is 0.481 e. The highest BCUT2D eigenvalue weighted by atomic mass is 35.5. The van der Waals surface area contributed by atoms with Gasteiger partial charge >= 0.3 is 5.97 Å². The third-order valence-electron chi connectivity index (χ3n) is 7.42. The van der Waals surface area contributed by atoms with Gasteiger partial charge in [-0.1, -0.05) is 105 Å². The van der Waals surface area contributed by atoms with Gasteiger partial charge in [0.2, 0.25) is 0 Å². The molecule has 0 aliphatic rings. The van der Waals surface area contributed by atoms with E-state index in [2.05, 4.69) is 43.5 Å². The molecule has 3 N–H and O–H groups in total. The summed E-state index contributed by atoms with van der Waals surface area (Å²) in [6.07, 6.45) is -0.295. The van der Waals surface area contributed by atoms with Crippen molar-refractivity contribution < 1.29 is 19.4 Å². The number of carbonyl (C=O) groups is 2. The van der Waals surface area contributed by atoms with Crippen LogP contribution in [0.4, 0.5) is 11.4 Å². The molecule has 6 nitrogen and oxygen atoms in total. The van der Waals surface area contributed by atoms with Crippen LogP contribution in [0, 0.1) is 0 Å². The number of benzene rings is 5. The van der Waals surface area contributed by atoms with Crippen molar-refractivity contribution in [3.8, 4) is 22.6 Å². The Kier molecular flexibility index (Phi) is 9.55. The molecule has 5 aromatic rings. The number of carbonyl (C=O) groups excluding carboxylic acids is 1. The number of hydrogen-bond acceptors (Lipinski definition) is 4. The van der Waals surface area contributed by atoms with Crippen LogP contribution in [0.3, 0.4) is 0 Å². The topological polar surface area (TPSA) is 87.7 Å². The van der Waals surface area contributed by atoms with Gasteiger partial charge in [-0.05, 0) is 70.6 Å². The van der Waals surface area contributed by atoms with E-state index < -0.39 is 17.9 Å². The molecule has 1 atom stereocenters. The fourth-order valence-electron chi connectivity index (χ4n) is 4.99. The Morgan fingerprint density at radius 3 is 2.16 bits per heavy atom. The predicted octanol–water partition coefficient (Wildman–Crippen LogP) is 9.79. The summed E-state index contributed by atoms with van der Waals surface area (Å²) in [6, 6.07) is 37.0. The van der Waals surface area contributed by atoms with Gasteiger partial charge in [0.25, 0.3) is 5.91 Å². The minimum absolute atomic E-state index is 0.0144. The Morgan fingerprint density at radius 2 is 1.49 bits per heavy atom. The number of para-hydroxylation sites is 2. The SMILES string of the molecule is CC(C)(C)c1ccc(Nc2ccc(Cl)cc2C(=O)NC(CC(=O)O)c2ccc(-c3ccccc3Oc3ccccc3)cc2)cc1. The average molecular weight is 619 g/mol. The quantitative estimate of drug-likeness (QED) is 0.145. The smallest absolute Gasteiger partial charge is 0.305 e. The van der Waals surface area contributed by atoms with Gasteiger partial charge in [0.15, 0.2) is 0 Å². The lowest BCUT2D eigenvalue weighted by molar-refractivity contribution is -0.137. The van der Waals surface area contributed by atoms with Crippen LogP contribution in [0.1, 0.15) is 54.7 Å². The monoisotopic (exact) mass is 618 g/mol. The molecule has 45 heavy (non-hydrogen) atoms. The van der Waals surface area contributed by atoms with E-state index >= 15 is 0 Å². The first-order chi connectivity index (χ1) is 21.6. The summed E-state index contributed by atoms with van der Waals surface area (Å²) in [5.41, 5.74) is 5.32. The summed E-state index contributed by atoms with van der Waals surface area (Å²) in [5.74, 6) is -0.0546. The summed E-state index contributed by atoms with van der Waals surface area (Å²) >= 11 is 6.30. The van der Waals surface area contributed by atoms with Crippen LogP contribution >= 0.6 is 11.6 Å². The minimum Gasteiger partial charge on any atom is -0.481 e. The maximum atomic E-state index is 13.6. The second-order valence-electron chi connectivity index (χ2n) is 11.8. The number of aliphatic carboxylic acids is 1. The average Bonchev–Trinajstić information content (AvgIpc) is 3.02. The maximum absolute atomic E-state index is 13.6. The zero-order valence-corrected chi connectivity index (χ0v) is 26.1. The van der Waals surface area contributed by atoms with Crippen molar-refractivity contribution >= 4 is 34.9 Å². The number of hydrogen-bond donors (Lipinski definition) is 3. The van der Waals surface area contributed by atoms with Gasteiger partial charge in [0.1, 0.15) is 11.5 Å². The molecule has 0 spiro atoms.